The van der Waals surface area contributed by atoms with Crippen molar-refractivity contribution >= 4 is 50.7 Å². The van der Waals surface area contributed by atoms with Crippen molar-refractivity contribution in [2.45, 2.75) is 39.2 Å². The third-order valence-corrected chi connectivity index (χ3v) is 7.24. The molecule has 0 aliphatic carbocycles. The lowest BCUT2D eigenvalue weighted by molar-refractivity contribution is -0.132. The SMILES string of the molecule is COc1ccc(/C(O)=C2\C(=O)C(=O)N(c3ccc(Cl)cc3C)C2c2ccc(C(C)(C)C)cc2)cc1Br. The Labute approximate surface area is 224 Å². The van der Waals surface area contributed by atoms with E-state index < -0.39 is 17.7 Å². The van der Waals surface area contributed by atoms with E-state index >= 15 is 0 Å². The van der Waals surface area contributed by atoms with E-state index in [2.05, 4.69) is 36.7 Å². The topological polar surface area (TPSA) is 66.8 Å². The van der Waals surface area contributed by atoms with Gasteiger partial charge in [0.2, 0.25) is 0 Å². The van der Waals surface area contributed by atoms with Crippen molar-refractivity contribution in [1.82, 2.24) is 0 Å². The molecule has 0 bridgehead atoms. The predicted molar refractivity (Wildman–Crippen MR) is 147 cm³/mol. The Morgan fingerprint density at radius 1 is 1.03 bits per heavy atom. The molecule has 7 heteroatoms. The smallest absolute Gasteiger partial charge is 0.300 e. The molecule has 1 atom stereocenters. The number of anilines is 1. The number of aliphatic hydroxyl groups is 1. The number of Topliss-reactive ketones (excluding diaryl/α,β-unsaturated/α-hetero) is 1. The summed E-state index contributed by atoms with van der Waals surface area (Å²) in [7, 11) is 1.54. The molecule has 0 aromatic heterocycles. The Bertz CT molecular complexity index is 1390. The van der Waals surface area contributed by atoms with E-state index in [4.69, 9.17) is 16.3 Å². The van der Waals surface area contributed by atoms with Crippen LogP contribution in [0.2, 0.25) is 5.02 Å². The van der Waals surface area contributed by atoms with Crippen LogP contribution in [0.5, 0.6) is 5.75 Å². The molecule has 1 heterocycles. The number of halogens is 2. The molecule has 0 saturated carbocycles. The minimum Gasteiger partial charge on any atom is -0.507 e. The van der Waals surface area contributed by atoms with Gasteiger partial charge in [0.1, 0.15) is 11.5 Å². The number of hydrogen-bond donors (Lipinski definition) is 1. The number of ketones is 1. The molecule has 1 unspecified atom stereocenters. The van der Waals surface area contributed by atoms with Gasteiger partial charge in [0.25, 0.3) is 11.7 Å². The fraction of sp³-hybridized carbons (Fsp3) is 0.241. The molecule has 1 saturated heterocycles. The van der Waals surface area contributed by atoms with Crippen molar-refractivity contribution < 1.29 is 19.4 Å². The number of amides is 1. The largest absolute Gasteiger partial charge is 0.507 e. The Morgan fingerprint density at radius 2 is 1.69 bits per heavy atom. The maximum atomic E-state index is 13.4. The van der Waals surface area contributed by atoms with Crippen molar-refractivity contribution in [3.63, 3.8) is 0 Å². The van der Waals surface area contributed by atoms with E-state index in [1.165, 1.54) is 4.90 Å². The lowest BCUT2D eigenvalue weighted by Gasteiger charge is -2.28. The summed E-state index contributed by atoms with van der Waals surface area (Å²) in [6.45, 7) is 8.19. The summed E-state index contributed by atoms with van der Waals surface area (Å²) < 4.78 is 5.90. The van der Waals surface area contributed by atoms with Crippen LogP contribution in [0.4, 0.5) is 5.69 Å². The van der Waals surface area contributed by atoms with Crippen LogP contribution in [0, 0.1) is 6.92 Å². The van der Waals surface area contributed by atoms with Gasteiger partial charge in [0, 0.05) is 16.3 Å². The number of benzene rings is 3. The van der Waals surface area contributed by atoms with Crippen LogP contribution in [0.3, 0.4) is 0 Å². The molecule has 4 rings (SSSR count). The first kappa shape index (κ1) is 26.0. The van der Waals surface area contributed by atoms with Gasteiger partial charge in [-0.05, 0) is 81.4 Å². The van der Waals surface area contributed by atoms with Gasteiger partial charge in [-0.1, -0.05) is 56.6 Å². The maximum absolute atomic E-state index is 13.4. The third kappa shape index (κ3) is 4.67. The number of hydrogen-bond acceptors (Lipinski definition) is 4. The highest BCUT2D eigenvalue weighted by Gasteiger charge is 2.47. The zero-order valence-electron chi connectivity index (χ0n) is 20.7. The fourth-order valence-electron chi connectivity index (χ4n) is 4.42. The Morgan fingerprint density at radius 3 is 2.25 bits per heavy atom. The molecule has 1 fully saturated rings. The Balaban J connectivity index is 1.95. The van der Waals surface area contributed by atoms with Crippen LogP contribution >= 0.6 is 27.5 Å². The summed E-state index contributed by atoms with van der Waals surface area (Å²) in [6, 6.07) is 17.1. The third-order valence-electron chi connectivity index (χ3n) is 6.38. The number of rotatable bonds is 4. The average Bonchev–Trinajstić information content (AvgIpc) is 3.08. The van der Waals surface area contributed by atoms with Crippen LogP contribution in [-0.2, 0) is 15.0 Å². The van der Waals surface area contributed by atoms with Crippen molar-refractivity contribution in [2.24, 2.45) is 0 Å². The molecule has 1 aliphatic rings. The molecule has 1 amide bonds. The van der Waals surface area contributed by atoms with Crippen LogP contribution in [0.15, 0.2) is 70.7 Å². The Kier molecular flexibility index (Phi) is 7.04. The normalized spacial score (nSPS) is 17.5. The highest BCUT2D eigenvalue weighted by atomic mass is 79.9. The monoisotopic (exact) mass is 567 g/mol. The summed E-state index contributed by atoms with van der Waals surface area (Å²) in [6.07, 6.45) is 0. The van der Waals surface area contributed by atoms with Crippen LogP contribution in [-0.4, -0.2) is 23.9 Å². The first-order valence-electron chi connectivity index (χ1n) is 11.5. The van der Waals surface area contributed by atoms with Gasteiger partial charge in [-0.15, -0.1) is 0 Å². The number of carbonyl (C=O) groups excluding carboxylic acids is 2. The highest BCUT2D eigenvalue weighted by Crippen LogP contribution is 2.44. The molecular weight excluding hydrogens is 542 g/mol. The van der Waals surface area contributed by atoms with Gasteiger partial charge >= 0.3 is 0 Å². The fourth-order valence-corrected chi connectivity index (χ4v) is 5.19. The van der Waals surface area contributed by atoms with Crippen LogP contribution in [0.1, 0.15) is 49.1 Å². The van der Waals surface area contributed by atoms with Gasteiger partial charge in [0.15, 0.2) is 0 Å². The van der Waals surface area contributed by atoms with Crippen molar-refractivity contribution in [1.29, 1.82) is 0 Å². The van der Waals surface area contributed by atoms with E-state index in [0.717, 1.165) is 11.1 Å². The standard InChI is InChI=1S/C29H27BrClNO4/c1-16-14-20(31)11-12-22(16)32-25(17-6-9-19(10-7-17)29(2,3)4)24(27(34)28(32)35)26(33)18-8-13-23(36-5)21(30)15-18/h6-15,25,33H,1-5H3/b26-24+. The molecule has 1 aliphatic heterocycles. The van der Waals surface area contributed by atoms with Gasteiger partial charge < -0.3 is 9.84 Å². The average molecular weight is 569 g/mol. The second-order valence-corrected chi connectivity index (χ2v) is 11.1. The van der Waals surface area contributed by atoms with E-state index in [-0.39, 0.29) is 16.7 Å². The minimum absolute atomic E-state index is 0.0231. The summed E-state index contributed by atoms with van der Waals surface area (Å²) in [4.78, 5) is 28.3. The van der Waals surface area contributed by atoms with Crippen molar-refractivity contribution in [3.8, 4) is 5.75 Å². The van der Waals surface area contributed by atoms with Gasteiger partial charge in [-0.3, -0.25) is 14.5 Å². The van der Waals surface area contributed by atoms with Crippen LogP contribution in [0.25, 0.3) is 5.76 Å². The number of aryl methyl sites for hydroxylation is 1. The predicted octanol–water partition coefficient (Wildman–Crippen LogP) is 7.34. The molecule has 36 heavy (non-hydrogen) atoms. The summed E-state index contributed by atoms with van der Waals surface area (Å²) >= 11 is 9.60. The maximum Gasteiger partial charge on any atom is 0.300 e. The van der Waals surface area contributed by atoms with Gasteiger partial charge in [0.05, 0.1) is 23.2 Å². The minimum atomic E-state index is -0.820. The molecule has 186 valence electrons. The molecule has 3 aromatic carbocycles. The van der Waals surface area contributed by atoms with Gasteiger partial charge in [-0.25, -0.2) is 0 Å². The van der Waals surface area contributed by atoms with E-state index in [1.807, 2.05) is 31.2 Å². The lowest BCUT2D eigenvalue weighted by atomic mass is 9.85. The quantitative estimate of drug-likeness (QED) is 0.203. The van der Waals surface area contributed by atoms with Gasteiger partial charge in [-0.2, -0.15) is 0 Å². The summed E-state index contributed by atoms with van der Waals surface area (Å²) in [5, 5.41) is 11.9. The van der Waals surface area contributed by atoms with Crippen molar-refractivity contribution in [2.75, 3.05) is 12.0 Å². The van der Waals surface area contributed by atoms with E-state index in [0.29, 0.717) is 32.1 Å². The zero-order valence-corrected chi connectivity index (χ0v) is 23.1. The van der Waals surface area contributed by atoms with E-state index in [9.17, 15) is 14.7 Å². The van der Waals surface area contributed by atoms with E-state index in [1.54, 1.807) is 43.5 Å². The Hall–Kier alpha value is -3.09. The first-order chi connectivity index (χ1) is 16.9. The highest BCUT2D eigenvalue weighted by molar-refractivity contribution is 9.10. The summed E-state index contributed by atoms with van der Waals surface area (Å²) in [5.41, 5.74) is 3.48. The van der Waals surface area contributed by atoms with Crippen molar-refractivity contribution in [3.05, 3.63) is 98.0 Å². The molecule has 1 N–H and O–H groups in total. The summed E-state index contributed by atoms with van der Waals surface area (Å²) in [5.74, 6) is -1.13. The number of nitrogens with zero attached hydrogens (tertiary/aromatic N) is 1. The molecule has 3 aromatic rings. The number of carbonyl (C=O) groups is 2. The number of aliphatic hydroxyl groups excluding tert-OH is 1. The lowest BCUT2D eigenvalue weighted by Crippen LogP contribution is -2.30. The van der Waals surface area contributed by atoms with Crippen LogP contribution < -0.4 is 9.64 Å². The molecule has 0 radical (unpaired) electrons. The molecule has 0 spiro atoms. The first-order valence-corrected chi connectivity index (χ1v) is 12.6. The zero-order chi connectivity index (χ0) is 26.4. The second-order valence-electron chi connectivity index (χ2n) is 9.82. The molecular formula is C29H27BrClNO4. The molecule has 5 nitrogen and oxygen atoms in total. The number of ether oxygens (including phenoxy) is 1. The second kappa shape index (κ2) is 9.75. The number of methoxy groups -OCH3 is 1.